The van der Waals surface area contributed by atoms with Crippen LogP contribution in [0.2, 0.25) is 5.02 Å². The number of carbonyl (C=O) groups excluding carboxylic acids is 2. The van der Waals surface area contributed by atoms with E-state index in [-0.39, 0.29) is 29.9 Å². The van der Waals surface area contributed by atoms with Crippen LogP contribution >= 0.6 is 23.8 Å². The van der Waals surface area contributed by atoms with E-state index in [2.05, 4.69) is 26.9 Å². The molecule has 3 N–H and O–H groups in total. The highest BCUT2D eigenvalue weighted by atomic mass is 35.5. The molecule has 2 saturated heterocycles. The predicted molar refractivity (Wildman–Crippen MR) is 138 cm³/mol. The topological polar surface area (TPSA) is 76.7 Å². The molecule has 0 aliphatic carbocycles. The van der Waals surface area contributed by atoms with Crippen LogP contribution in [0, 0.1) is 0 Å². The SMILES string of the molecule is O=C1NCC(CCC(=O)N2CCc3ccccc32)N2CC(NC(=S)Nc3ccc(Cl)cc3)CC12. The molecule has 2 fully saturated rings. The highest BCUT2D eigenvalue weighted by Gasteiger charge is 2.43. The molecular formula is C25H28ClN5O2S. The van der Waals surface area contributed by atoms with Gasteiger partial charge in [-0.3, -0.25) is 14.5 Å². The maximum Gasteiger partial charge on any atom is 0.237 e. The first kappa shape index (κ1) is 23.1. The largest absolute Gasteiger partial charge is 0.358 e. The molecule has 9 heteroatoms. The molecule has 0 radical (unpaired) electrons. The molecule has 5 rings (SSSR count). The third kappa shape index (κ3) is 4.89. The number of carbonyl (C=O) groups is 2. The number of halogens is 1. The van der Waals surface area contributed by atoms with Crippen molar-refractivity contribution in [2.45, 2.75) is 43.8 Å². The van der Waals surface area contributed by atoms with E-state index in [1.165, 1.54) is 5.56 Å². The van der Waals surface area contributed by atoms with Crippen LogP contribution in [-0.4, -0.2) is 59.6 Å². The number of nitrogens with one attached hydrogen (secondary N) is 3. The number of thiocarbonyl (C=S) groups is 1. The molecule has 0 aromatic heterocycles. The van der Waals surface area contributed by atoms with E-state index in [4.69, 9.17) is 23.8 Å². The number of amides is 2. The minimum atomic E-state index is -0.197. The van der Waals surface area contributed by atoms with Crippen LogP contribution in [-0.2, 0) is 16.0 Å². The monoisotopic (exact) mass is 497 g/mol. The quantitative estimate of drug-likeness (QED) is 0.551. The van der Waals surface area contributed by atoms with Crippen LogP contribution in [0.1, 0.15) is 24.8 Å². The molecule has 2 amide bonds. The normalized spacial score (nSPS) is 23.7. The second-order valence-corrected chi connectivity index (χ2v) is 9.96. The van der Waals surface area contributed by atoms with Gasteiger partial charge in [0.15, 0.2) is 5.11 Å². The van der Waals surface area contributed by atoms with Gasteiger partial charge in [-0.05, 0) is 67.4 Å². The van der Waals surface area contributed by atoms with Gasteiger partial charge in [0, 0.05) is 54.5 Å². The highest BCUT2D eigenvalue weighted by molar-refractivity contribution is 7.80. The third-order valence-corrected chi connectivity index (χ3v) is 7.41. The average Bonchev–Trinajstić information content (AvgIpc) is 3.45. The number of para-hydroxylation sites is 1. The summed E-state index contributed by atoms with van der Waals surface area (Å²) in [6, 6.07) is 15.5. The van der Waals surface area contributed by atoms with Gasteiger partial charge in [-0.15, -0.1) is 0 Å². The molecule has 3 atom stereocenters. The van der Waals surface area contributed by atoms with Gasteiger partial charge >= 0.3 is 0 Å². The number of rotatable bonds is 5. The molecule has 3 heterocycles. The molecule has 178 valence electrons. The van der Waals surface area contributed by atoms with Crippen molar-refractivity contribution in [2.75, 3.05) is 29.9 Å². The Morgan fingerprint density at radius 3 is 2.79 bits per heavy atom. The summed E-state index contributed by atoms with van der Waals surface area (Å²) in [5, 5.41) is 10.7. The smallest absolute Gasteiger partial charge is 0.237 e. The van der Waals surface area contributed by atoms with Crippen LogP contribution in [0.5, 0.6) is 0 Å². The van der Waals surface area contributed by atoms with Crippen LogP contribution in [0.25, 0.3) is 0 Å². The van der Waals surface area contributed by atoms with Gasteiger partial charge in [-0.1, -0.05) is 29.8 Å². The van der Waals surface area contributed by atoms with Gasteiger partial charge in [0.05, 0.1) is 6.04 Å². The predicted octanol–water partition coefficient (Wildman–Crippen LogP) is 2.94. The van der Waals surface area contributed by atoms with Gasteiger partial charge in [0.1, 0.15) is 0 Å². The molecule has 0 bridgehead atoms. The number of fused-ring (bicyclic) bond motifs is 2. The molecule has 3 aliphatic rings. The van der Waals surface area contributed by atoms with Crippen molar-refractivity contribution in [3.8, 4) is 0 Å². The van der Waals surface area contributed by atoms with E-state index in [9.17, 15) is 9.59 Å². The first-order chi connectivity index (χ1) is 16.5. The maximum absolute atomic E-state index is 13.0. The summed E-state index contributed by atoms with van der Waals surface area (Å²) in [7, 11) is 0. The fourth-order valence-electron chi connectivity index (χ4n) is 5.26. The molecule has 7 nitrogen and oxygen atoms in total. The van der Waals surface area contributed by atoms with Crippen molar-refractivity contribution in [3.05, 3.63) is 59.1 Å². The Morgan fingerprint density at radius 2 is 1.97 bits per heavy atom. The number of benzene rings is 2. The fraction of sp³-hybridized carbons (Fsp3) is 0.400. The molecular weight excluding hydrogens is 470 g/mol. The number of anilines is 2. The minimum absolute atomic E-state index is 0.0527. The zero-order valence-corrected chi connectivity index (χ0v) is 20.4. The average molecular weight is 498 g/mol. The van der Waals surface area contributed by atoms with Crippen molar-refractivity contribution >= 4 is 52.1 Å². The summed E-state index contributed by atoms with van der Waals surface area (Å²) >= 11 is 11.4. The standard InChI is InChI=1S/C25H28ClN5O2S/c26-17-5-7-18(8-6-17)28-25(34)29-19-13-22-24(33)27-14-20(31(22)15-19)9-10-23(32)30-12-11-16-3-1-2-4-21(16)30/h1-8,19-20,22H,9-15H2,(H,27,33)(H2,28,29,34). The molecule has 0 saturated carbocycles. The maximum atomic E-state index is 13.0. The van der Waals surface area contributed by atoms with Crippen molar-refractivity contribution in [3.63, 3.8) is 0 Å². The minimum Gasteiger partial charge on any atom is -0.358 e. The van der Waals surface area contributed by atoms with Crippen LogP contribution in [0.4, 0.5) is 11.4 Å². The molecule has 2 aromatic carbocycles. The van der Waals surface area contributed by atoms with E-state index in [0.29, 0.717) is 42.5 Å². The summed E-state index contributed by atoms with van der Waals surface area (Å²) in [6.45, 7) is 2.03. The Kier molecular flexibility index (Phi) is 6.72. The van der Waals surface area contributed by atoms with Crippen molar-refractivity contribution in [1.82, 2.24) is 15.5 Å². The third-order valence-electron chi connectivity index (χ3n) is 6.94. The summed E-state index contributed by atoms with van der Waals surface area (Å²) in [6.07, 6.45) is 2.77. The number of hydrogen-bond acceptors (Lipinski definition) is 4. The van der Waals surface area contributed by atoms with E-state index in [0.717, 1.165) is 24.3 Å². The lowest BCUT2D eigenvalue weighted by atomic mass is 10.0. The fourth-order valence-corrected chi connectivity index (χ4v) is 5.67. The van der Waals surface area contributed by atoms with Gasteiger partial charge in [0.2, 0.25) is 11.8 Å². The molecule has 3 unspecified atom stereocenters. The van der Waals surface area contributed by atoms with Crippen molar-refractivity contribution in [2.24, 2.45) is 0 Å². The number of nitrogens with zero attached hydrogens (tertiary/aromatic N) is 2. The van der Waals surface area contributed by atoms with Crippen molar-refractivity contribution < 1.29 is 9.59 Å². The van der Waals surface area contributed by atoms with Gasteiger partial charge in [-0.2, -0.15) is 0 Å². The Morgan fingerprint density at radius 1 is 1.18 bits per heavy atom. The lowest BCUT2D eigenvalue weighted by molar-refractivity contribution is -0.129. The Balaban J connectivity index is 1.16. The van der Waals surface area contributed by atoms with Gasteiger partial charge < -0.3 is 20.9 Å². The Bertz CT molecular complexity index is 1090. The summed E-state index contributed by atoms with van der Waals surface area (Å²) in [4.78, 5) is 29.7. The second kappa shape index (κ2) is 9.90. The Labute approximate surface area is 209 Å². The number of piperazine rings is 1. The summed E-state index contributed by atoms with van der Waals surface area (Å²) < 4.78 is 0. The van der Waals surface area contributed by atoms with Gasteiger partial charge in [0.25, 0.3) is 0 Å². The zero-order chi connectivity index (χ0) is 23.7. The lowest BCUT2D eigenvalue weighted by Crippen LogP contribution is -2.58. The molecule has 0 spiro atoms. The lowest BCUT2D eigenvalue weighted by Gasteiger charge is -2.37. The van der Waals surface area contributed by atoms with E-state index >= 15 is 0 Å². The first-order valence-corrected chi connectivity index (χ1v) is 12.5. The Hall–Kier alpha value is -2.68. The van der Waals surface area contributed by atoms with Crippen LogP contribution in [0.3, 0.4) is 0 Å². The van der Waals surface area contributed by atoms with E-state index in [1.807, 2.05) is 35.2 Å². The first-order valence-electron chi connectivity index (χ1n) is 11.7. The molecule has 2 aromatic rings. The van der Waals surface area contributed by atoms with Gasteiger partial charge in [-0.25, -0.2) is 0 Å². The van der Waals surface area contributed by atoms with Crippen LogP contribution in [0.15, 0.2) is 48.5 Å². The summed E-state index contributed by atoms with van der Waals surface area (Å²) in [5.41, 5.74) is 3.13. The number of hydrogen-bond donors (Lipinski definition) is 3. The van der Waals surface area contributed by atoms with E-state index < -0.39 is 0 Å². The second-order valence-electron chi connectivity index (χ2n) is 9.11. The molecule has 34 heavy (non-hydrogen) atoms. The zero-order valence-electron chi connectivity index (χ0n) is 18.8. The summed E-state index contributed by atoms with van der Waals surface area (Å²) in [5.74, 6) is 0.206. The molecule has 3 aliphatic heterocycles. The van der Waals surface area contributed by atoms with Crippen LogP contribution < -0.4 is 20.9 Å². The van der Waals surface area contributed by atoms with E-state index in [1.54, 1.807) is 12.1 Å². The van der Waals surface area contributed by atoms with Crippen molar-refractivity contribution in [1.29, 1.82) is 0 Å². The highest BCUT2D eigenvalue weighted by Crippen LogP contribution is 2.30.